The number of H-pyrrole nitrogens is 1. The first kappa shape index (κ1) is 24.8. The van der Waals surface area contributed by atoms with Crippen molar-refractivity contribution < 1.29 is 19.4 Å². The predicted molar refractivity (Wildman–Crippen MR) is 141 cm³/mol. The zero-order chi connectivity index (χ0) is 24.8. The highest BCUT2D eigenvalue weighted by molar-refractivity contribution is 9.10. The van der Waals surface area contributed by atoms with E-state index in [2.05, 4.69) is 45.3 Å². The van der Waals surface area contributed by atoms with Crippen molar-refractivity contribution in [3.05, 3.63) is 93.6 Å². The van der Waals surface area contributed by atoms with Crippen molar-refractivity contribution in [1.29, 1.82) is 0 Å². The van der Waals surface area contributed by atoms with Crippen LogP contribution < -0.4 is 14.8 Å². The van der Waals surface area contributed by atoms with E-state index < -0.39 is 12.0 Å². The molecule has 0 spiro atoms. The molecule has 0 aliphatic carbocycles. The van der Waals surface area contributed by atoms with E-state index in [0.29, 0.717) is 37.7 Å². The number of carbonyl (C=O) groups is 1. The quantitative estimate of drug-likeness (QED) is 0.219. The molecule has 0 bridgehead atoms. The molecular formula is C28H29BrN2O4. The van der Waals surface area contributed by atoms with Crippen molar-refractivity contribution in [3.63, 3.8) is 0 Å². The van der Waals surface area contributed by atoms with Crippen LogP contribution in [0.25, 0.3) is 10.9 Å². The highest BCUT2D eigenvalue weighted by Crippen LogP contribution is 2.37. The van der Waals surface area contributed by atoms with Gasteiger partial charge >= 0.3 is 5.97 Å². The molecule has 7 heteroatoms. The number of ether oxygens (including phenoxy) is 2. The number of halogens is 1. The zero-order valence-corrected chi connectivity index (χ0v) is 21.4. The Hall–Kier alpha value is -3.29. The lowest BCUT2D eigenvalue weighted by Crippen LogP contribution is -2.38. The third-order valence-corrected chi connectivity index (χ3v) is 6.37. The van der Waals surface area contributed by atoms with E-state index in [4.69, 9.17) is 9.47 Å². The highest BCUT2D eigenvalue weighted by Gasteiger charge is 2.20. The Morgan fingerprint density at radius 2 is 1.91 bits per heavy atom. The van der Waals surface area contributed by atoms with Gasteiger partial charge in [-0.3, -0.25) is 4.79 Å². The fourth-order valence-electron chi connectivity index (χ4n) is 4.09. The van der Waals surface area contributed by atoms with Crippen molar-refractivity contribution >= 4 is 32.8 Å². The average Bonchev–Trinajstić information content (AvgIpc) is 3.24. The molecule has 1 unspecified atom stereocenters. The summed E-state index contributed by atoms with van der Waals surface area (Å²) >= 11 is 3.61. The smallest absolute Gasteiger partial charge is 0.321 e. The molecule has 1 atom stereocenters. The number of aromatic nitrogens is 1. The molecule has 1 heterocycles. The third-order valence-electron chi connectivity index (χ3n) is 5.78. The number of hydrogen-bond donors (Lipinski definition) is 3. The number of carboxylic acid groups (broad SMARTS) is 1. The minimum Gasteiger partial charge on any atom is -0.490 e. The molecule has 35 heavy (non-hydrogen) atoms. The van der Waals surface area contributed by atoms with Gasteiger partial charge in [0.15, 0.2) is 11.5 Å². The Balaban J connectivity index is 1.47. The summed E-state index contributed by atoms with van der Waals surface area (Å²) in [6, 6.07) is 19.2. The van der Waals surface area contributed by atoms with Crippen LogP contribution in [-0.4, -0.2) is 28.7 Å². The molecular weight excluding hydrogens is 508 g/mol. The Bertz CT molecular complexity index is 1320. The third kappa shape index (κ3) is 6.24. The van der Waals surface area contributed by atoms with Gasteiger partial charge in [-0.1, -0.05) is 48.0 Å². The largest absolute Gasteiger partial charge is 0.490 e. The maximum Gasteiger partial charge on any atom is 0.321 e. The molecule has 4 aromatic rings. The van der Waals surface area contributed by atoms with Gasteiger partial charge in [-0.25, -0.2) is 0 Å². The SMILES string of the molecule is CCOc1cc(CNC(Cc2c[nH]c3ccccc23)C(=O)O)cc(Br)c1OCc1cccc(C)c1. The fraction of sp³-hybridized carbons (Fsp3) is 0.250. The summed E-state index contributed by atoms with van der Waals surface area (Å²) in [5, 5.41) is 14.1. The summed E-state index contributed by atoms with van der Waals surface area (Å²) in [5.74, 6) is 0.359. The molecule has 0 aliphatic heterocycles. The van der Waals surface area contributed by atoms with Crippen LogP contribution >= 0.6 is 15.9 Å². The summed E-state index contributed by atoms with van der Waals surface area (Å²) in [5.41, 5.74) is 5.12. The Kier molecular flexibility index (Phi) is 8.10. The molecule has 0 radical (unpaired) electrons. The van der Waals surface area contributed by atoms with Crippen LogP contribution in [0.5, 0.6) is 11.5 Å². The van der Waals surface area contributed by atoms with Crippen LogP contribution in [0.4, 0.5) is 0 Å². The summed E-state index contributed by atoms with van der Waals surface area (Å²) in [6.07, 6.45) is 2.25. The van der Waals surface area contributed by atoms with Crippen LogP contribution in [0, 0.1) is 6.92 Å². The van der Waals surface area contributed by atoms with Gasteiger partial charge < -0.3 is 24.9 Å². The topological polar surface area (TPSA) is 83.6 Å². The van der Waals surface area contributed by atoms with Gasteiger partial charge in [-0.2, -0.15) is 0 Å². The van der Waals surface area contributed by atoms with Crippen LogP contribution in [0.3, 0.4) is 0 Å². The number of carboxylic acids is 1. The monoisotopic (exact) mass is 536 g/mol. The Morgan fingerprint density at radius 3 is 2.69 bits per heavy atom. The van der Waals surface area contributed by atoms with Gasteiger partial charge in [0.25, 0.3) is 0 Å². The number of rotatable bonds is 11. The first-order chi connectivity index (χ1) is 16.9. The van der Waals surface area contributed by atoms with E-state index >= 15 is 0 Å². The van der Waals surface area contributed by atoms with Crippen molar-refractivity contribution in [2.24, 2.45) is 0 Å². The van der Waals surface area contributed by atoms with E-state index in [1.54, 1.807) is 0 Å². The first-order valence-corrected chi connectivity index (χ1v) is 12.4. The van der Waals surface area contributed by atoms with Crippen molar-refractivity contribution in [1.82, 2.24) is 10.3 Å². The van der Waals surface area contributed by atoms with Crippen molar-refractivity contribution in [2.45, 2.75) is 39.5 Å². The summed E-state index contributed by atoms with van der Waals surface area (Å²) in [4.78, 5) is 15.2. The molecule has 0 aliphatic rings. The number of para-hydroxylation sites is 1. The predicted octanol–water partition coefficient (Wildman–Crippen LogP) is 6.00. The maximum atomic E-state index is 12.0. The summed E-state index contributed by atoms with van der Waals surface area (Å²) in [6.45, 7) is 5.25. The lowest BCUT2D eigenvalue weighted by atomic mass is 10.0. The van der Waals surface area contributed by atoms with Crippen molar-refractivity contribution in [2.75, 3.05) is 6.61 Å². The molecule has 4 rings (SSSR count). The molecule has 6 nitrogen and oxygen atoms in total. The lowest BCUT2D eigenvalue weighted by Gasteiger charge is -2.18. The highest BCUT2D eigenvalue weighted by atomic mass is 79.9. The maximum absolute atomic E-state index is 12.0. The molecule has 182 valence electrons. The number of aromatic amines is 1. The van der Waals surface area contributed by atoms with Crippen LogP contribution in [0.15, 0.2) is 71.3 Å². The normalized spacial score (nSPS) is 12.0. The number of hydrogen-bond acceptors (Lipinski definition) is 4. The van der Waals surface area contributed by atoms with Gasteiger partial charge in [0.1, 0.15) is 12.6 Å². The molecule has 1 aromatic heterocycles. The fourth-order valence-corrected chi connectivity index (χ4v) is 4.70. The van der Waals surface area contributed by atoms with E-state index in [1.807, 2.05) is 61.7 Å². The van der Waals surface area contributed by atoms with Gasteiger partial charge in [0.2, 0.25) is 0 Å². The molecule has 0 amide bonds. The molecule has 0 saturated heterocycles. The minimum atomic E-state index is -0.891. The number of fused-ring (bicyclic) bond motifs is 1. The molecule has 3 N–H and O–H groups in total. The number of benzene rings is 3. The van der Waals surface area contributed by atoms with E-state index in [1.165, 1.54) is 5.56 Å². The van der Waals surface area contributed by atoms with Gasteiger partial charge in [-0.15, -0.1) is 0 Å². The average molecular weight is 537 g/mol. The first-order valence-electron chi connectivity index (χ1n) is 11.6. The van der Waals surface area contributed by atoms with Crippen molar-refractivity contribution in [3.8, 4) is 11.5 Å². The Morgan fingerprint density at radius 1 is 1.09 bits per heavy atom. The second-order valence-electron chi connectivity index (χ2n) is 8.45. The van der Waals surface area contributed by atoms with Gasteiger partial charge in [0.05, 0.1) is 11.1 Å². The van der Waals surface area contributed by atoms with Crippen LogP contribution in [0.2, 0.25) is 0 Å². The minimum absolute atomic E-state index is 0.371. The molecule has 0 fully saturated rings. The van der Waals surface area contributed by atoms with E-state index in [9.17, 15) is 9.90 Å². The second kappa shape index (κ2) is 11.4. The summed E-state index contributed by atoms with van der Waals surface area (Å²) < 4.78 is 12.7. The lowest BCUT2D eigenvalue weighted by molar-refractivity contribution is -0.139. The second-order valence-corrected chi connectivity index (χ2v) is 9.31. The molecule has 0 saturated carbocycles. The summed E-state index contributed by atoms with van der Waals surface area (Å²) in [7, 11) is 0. The van der Waals surface area contributed by atoms with Gasteiger partial charge in [0, 0.05) is 30.1 Å². The Labute approximate surface area is 213 Å². The molecule has 3 aromatic carbocycles. The van der Waals surface area contributed by atoms with E-state index in [-0.39, 0.29) is 0 Å². The number of nitrogens with one attached hydrogen (secondary N) is 2. The van der Waals surface area contributed by atoms with E-state index in [0.717, 1.165) is 32.1 Å². The standard InChI is InChI=1S/C28H29BrN2O4/c1-3-34-26-13-20(12-23(29)27(26)35-17-19-8-6-7-18(2)11-19)15-30-25(28(32)33)14-21-16-31-24-10-5-4-9-22(21)24/h4-13,16,25,30-31H,3,14-15,17H2,1-2H3,(H,32,33). The zero-order valence-electron chi connectivity index (χ0n) is 19.8. The van der Waals surface area contributed by atoms with Crippen LogP contribution in [0.1, 0.15) is 29.2 Å². The van der Waals surface area contributed by atoms with Crippen LogP contribution in [-0.2, 0) is 24.4 Å². The number of aliphatic carboxylic acids is 1. The number of aryl methyl sites for hydroxylation is 1. The van der Waals surface area contributed by atoms with Gasteiger partial charge in [-0.05, 0) is 64.7 Å².